The first-order valence-corrected chi connectivity index (χ1v) is 5.76. The van der Waals surface area contributed by atoms with Crippen LogP contribution in [0.4, 0.5) is 0 Å². The van der Waals surface area contributed by atoms with E-state index in [2.05, 4.69) is 10.2 Å². The van der Waals surface area contributed by atoms with Gasteiger partial charge in [0, 0.05) is 17.1 Å². The SMILES string of the molecule is NCc1nnc(-c2ccc(Cl)cc2Cl)s1. The number of nitrogens with zero attached hydrogens (tertiary/aromatic N) is 2. The molecular formula is C9H7Cl2N3S. The van der Waals surface area contributed by atoms with Gasteiger partial charge in [-0.3, -0.25) is 0 Å². The Balaban J connectivity index is 2.44. The minimum absolute atomic E-state index is 0.392. The van der Waals surface area contributed by atoms with Gasteiger partial charge in [-0.05, 0) is 18.2 Å². The summed E-state index contributed by atoms with van der Waals surface area (Å²) < 4.78 is 0. The number of hydrogen-bond acceptors (Lipinski definition) is 4. The van der Waals surface area contributed by atoms with Crippen molar-refractivity contribution in [2.24, 2.45) is 5.73 Å². The molecule has 0 spiro atoms. The van der Waals surface area contributed by atoms with Crippen LogP contribution in [-0.2, 0) is 6.54 Å². The van der Waals surface area contributed by atoms with Crippen LogP contribution in [0.2, 0.25) is 10.0 Å². The maximum atomic E-state index is 6.04. The number of hydrogen-bond donors (Lipinski definition) is 1. The molecule has 0 aliphatic carbocycles. The maximum Gasteiger partial charge on any atom is 0.149 e. The zero-order valence-corrected chi connectivity index (χ0v) is 9.90. The van der Waals surface area contributed by atoms with Crippen molar-refractivity contribution >= 4 is 34.5 Å². The van der Waals surface area contributed by atoms with Crippen molar-refractivity contribution in [1.29, 1.82) is 0 Å². The average Bonchev–Trinajstić information content (AvgIpc) is 2.66. The molecule has 0 atom stereocenters. The summed E-state index contributed by atoms with van der Waals surface area (Å²) in [5.74, 6) is 0. The third kappa shape index (κ3) is 2.29. The fraction of sp³-hybridized carbons (Fsp3) is 0.111. The molecule has 1 aromatic heterocycles. The normalized spacial score (nSPS) is 10.6. The van der Waals surface area contributed by atoms with Gasteiger partial charge >= 0.3 is 0 Å². The Bertz CT molecular complexity index is 484. The summed E-state index contributed by atoms with van der Waals surface area (Å²) in [6.07, 6.45) is 0. The molecule has 2 aromatic rings. The summed E-state index contributed by atoms with van der Waals surface area (Å²) in [7, 11) is 0. The summed E-state index contributed by atoms with van der Waals surface area (Å²) in [4.78, 5) is 0. The molecule has 0 aliphatic heterocycles. The molecule has 0 unspecified atom stereocenters. The van der Waals surface area contributed by atoms with Crippen LogP contribution in [0, 0.1) is 0 Å². The first-order chi connectivity index (χ1) is 7.20. The Morgan fingerprint density at radius 1 is 1.27 bits per heavy atom. The molecule has 1 aromatic carbocycles. The zero-order valence-electron chi connectivity index (χ0n) is 7.58. The molecule has 6 heteroatoms. The smallest absolute Gasteiger partial charge is 0.149 e. The summed E-state index contributed by atoms with van der Waals surface area (Å²) in [5.41, 5.74) is 6.29. The van der Waals surface area contributed by atoms with Crippen LogP contribution in [0.25, 0.3) is 10.6 Å². The van der Waals surface area contributed by atoms with E-state index in [0.29, 0.717) is 16.6 Å². The number of aromatic nitrogens is 2. The molecule has 0 saturated carbocycles. The number of rotatable bonds is 2. The molecule has 3 nitrogen and oxygen atoms in total. The van der Waals surface area contributed by atoms with Gasteiger partial charge in [0.05, 0.1) is 5.02 Å². The lowest BCUT2D eigenvalue weighted by Gasteiger charge is -1.99. The van der Waals surface area contributed by atoms with E-state index in [0.717, 1.165) is 15.6 Å². The van der Waals surface area contributed by atoms with Crippen LogP contribution in [0.3, 0.4) is 0 Å². The summed E-state index contributed by atoms with van der Waals surface area (Å²) >= 11 is 13.3. The number of nitrogens with two attached hydrogens (primary N) is 1. The van der Waals surface area contributed by atoms with Crippen LogP contribution >= 0.6 is 34.5 Å². The van der Waals surface area contributed by atoms with E-state index in [-0.39, 0.29) is 0 Å². The van der Waals surface area contributed by atoms with Crippen molar-refractivity contribution in [1.82, 2.24) is 10.2 Å². The molecule has 2 rings (SSSR count). The molecular weight excluding hydrogens is 253 g/mol. The topological polar surface area (TPSA) is 51.8 Å². The summed E-state index contributed by atoms with van der Waals surface area (Å²) in [6.45, 7) is 0.392. The van der Waals surface area contributed by atoms with Gasteiger partial charge < -0.3 is 5.73 Å². The predicted molar refractivity (Wildman–Crippen MR) is 63.3 cm³/mol. The predicted octanol–water partition coefficient (Wildman–Crippen LogP) is 2.97. The number of halogens is 2. The standard InChI is InChI=1S/C9H7Cl2N3S/c10-5-1-2-6(7(11)3-5)9-14-13-8(4-12)15-9/h1-3H,4,12H2. The van der Waals surface area contributed by atoms with E-state index < -0.39 is 0 Å². The van der Waals surface area contributed by atoms with Gasteiger partial charge in [0.15, 0.2) is 0 Å². The van der Waals surface area contributed by atoms with Gasteiger partial charge in [-0.1, -0.05) is 34.5 Å². The molecule has 1 heterocycles. The van der Waals surface area contributed by atoms with Gasteiger partial charge in [-0.15, -0.1) is 10.2 Å². The molecule has 0 radical (unpaired) electrons. The van der Waals surface area contributed by atoms with E-state index >= 15 is 0 Å². The van der Waals surface area contributed by atoms with Crippen LogP contribution in [0.5, 0.6) is 0 Å². The Labute approximate surface area is 101 Å². The van der Waals surface area contributed by atoms with E-state index in [1.807, 2.05) is 6.07 Å². The summed E-state index contributed by atoms with van der Waals surface area (Å²) in [5, 5.41) is 10.7. The van der Waals surface area contributed by atoms with Crippen LogP contribution < -0.4 is 5.73 Å². The highest BCUT2D eigenvalue weighted by Gasteiger charge is 2.09. The van der Waals surface area contributed by atoms with Crippen molar-refractivity contribution in [3.63, 3.8) is 0 Å². The highest BCUT2D eigenvalue weighted by Crippen LogP contribution is 2.31. The lowest BCUT2D eigenvalue weighted by molar-refractivity contribution is 0.960. The largest absolute Gasteiger partial charge is 0.324 e. The van der Waals surface area contributed by atoms with Crippen molar-refractivity contribution in [3.8, 4) is 10.6 Å². The highest BCUT2D eigenvalue weighted by atomic mass is 35.5. The number of benzene rings is 1. The van der Waals surface area contributed by atoms with Crippen LogP contribution in [0.15, 0.2) is 18.2 Å². The maximum absolute atomic E-state index is 6.04. The molecule has 0 aliphatic rings. The van der Waals surface area contributed by atoms with Crippen LogP contribution in [0.1, 0.15) is 5.01 Å². The Morgan fingerprint density at radius 3 is 2.67 bits per heavy atom. The van der Waals surface area contributed by atoms with Crippen molar-refractivity contribution in [2.75, 3.05) is 0 Å². The molecule has 2 N–H and O–H groups in total. The van der Waals surface area contributed by atoms with Gasteiger partial charge in [-0.2, -0.15) is 0 Å². The van der Waals surface area contributed by atoms with Gasteiger partial charge in [-0.25, -0.2) is 0 Å². The van der Waals surface area contributed by atoms with E-state index in [9.17, 15) is 0 Å². The first kappa shape index (κ1) is 10.8. The van der Waals surface area contributed by atoms with Gasteiger partial charge in [0.25, 0.3) is 0 Å². The third-order valence-corrected chi connectivity index (χ3v) is 3.33. The minimum Gasteiger partial charge on any atom is -0.324 e. The van der Waals surface area contributed by atoms with Crippen molar-refractivity contribution in [2.45, 2.75) is 6.54 Å². The third-order valence-electron chi connectivity index (χ3n) is 1.80. The Hall–Kier alpha value is -0.680. The minimum atomic E-state index is 0.392. The van der Waals surface area contributed by atoms with Gasteiger partial charge in [0.1, 0.15) is 10.0 Å². The molecule has 78 valence electrons. The van der Waals surface area contributed by atoms with Crippen molar-refractivity contribution in [3.05, 3.63) is 33.3 Å². The second kappa shape index (κ2) is 4.45. The molecule has 0 amide bonds. The van der Waals surface area contributed by atoms with E-state index in [4.69, 9.17) is 28.9 Å². The summed E-state index contributed by atoms with van der Waals surface area (Å²) in [6, 6.07) is 5.28. The molecule has 0 saturated heterocycles. The molecule has 0 bridgehead atoms. The van der Waals surface area contributed by atoms with Gasteiger partial charge in [0.2, 0.25) is 0 Å². The van der Waals surface area contributed by atoms with Crippen LogP contribution in [-0.4, -0.2) is 10.2 Å². The van der Waals surface area contributed by atoms with Crippen molar-refractivity contribution < 1.29 is 0 Å². The fourth-order valence-electron chi connectivity index (χ4n) is 1.11. The Morgan fingerprint density at radius 2 is 2.07 bits per heavy atom. The lowest BCUT2D eigenvalue weighted by Crippen LogP contribution is -1.94. The molecule has 15 heavy (non-hydrogen) atoms. The quantitative estimate of drug-likeness (QED) is 0.903. The first-order valence-electron chi connectivity index (χ1n) is 4.18. The average molecular weight is 260 g/mol. The monoisotopic (exact) mass is 259 g/mol. The second-order valence-electron chi connectivity index (χ2n) is 2.83. The molecule has 0 fully saturated rings. The zero-order chi connectivity index (χ0) is 10.8. The highest BCUT2D eigenvalue weighted by molar-refractivity contribution is 7.14. The second-order valence-corrected chi connectivity index (χ2v) is 4.73. The fourth-order valence-corrected chi connectivity index (χ4v) is 2.42. The van der Waals surface area contributed by atoms with E-state index in [1.165, 1.54) is 11.3 Å². The lowest BCUT2D eigenvalue weighted by atomic mass is 10.2. The Kier molecular flexibility index (Phi) is 3.21. The van der Waals surface area contributed by atoms with E-state index in [1.54, 1.807) is 12.1 Å².